The molecule has 3 saturated heterocycles. The molecule has 3 aliphatic heterocycles. The molecule has 2 unspecified atom stereocenters. The maximum absolute atomic E-state index is 14.5. The smallest absolute Gasteiger partial charge is 0.296 e. The highest BCUT2D eigenvalue weighted by molar-refractivity contribution is 5.96. The molecule has 4 heterocycles. The van der Waals surface area contributed by atoms with Gasteiger partial charge in [0.15, 0.2) is 6.10 Å². The molecule has 11 nitrogen and oxygen atoms in total. The lowest BCUT2D eigenvalue weighted by atomic mass is 10.00. The molecular formula is C27H36F2N8O3. The Bertz CT molecular complexity index is 1170. The lowest BCUT2D eigenvalue weighted by molar-refractivity contribution is -0.134. The van der Waals surface area contributed by atoms with Crippen molar-refractivity contribution in [2.75, 3.05) is 69.8 Å². The van der Waals surface area contributed by atoms with Gasteiger partial charge in [-0.2, -0.15) is 10.2 Å². The number of pyridine rings is 1. The summed E-state index contributed by atoms with van der Waals surface area (Å²) in [5.41, 5.74) is -0.842. The van der Waals surface area contributed by atoms with Gasteiger partial charge in [-0.3, -0.25) is 4.90 Å². The number of aliphatic imine (C=N–C) groups is 2. The summed E-state index contributed by atoms with van der Waals surface area (Å²) in [7, 11) is 1.55. The number of hydrogen-bond donors (Lipinski definition) is 2. The summed E-state index contributed by atoms with van der Waals surface area (Å²) in [6.45, 7) is 13.6. The SMILES string of the molecule is C=C/C=C(/OC1CCNCC1(F)F)C(C)(C#N)N=C(N=C)Nc1ccc(N2CCN(C3COC3)CC2)c(OC)n1. The lowest BCUT2D eigenvalue weighted by Crippen LogP contribution is -2.56. The molecule has 216 valence electrons. The number of aromatic nitrogens is 1. The zero-order valence-electron chi connectivity index (χ0n) is 22.9. The number of nitrogens with zero attached hydrogens (tertiary/aromatic N) is 6. The van der Waals surface area contributed by atoms with Crippen LogP contribution in [0, 0.1) is 11.3 Å². The molecule has 1 aromatic heterocycles. The number of halogens is 2. The van der Waals surface area contributed by atoms with Crippen LogP contribution < -0.4 is 20.3 Å². The molecule has 0 aromatic carbocycles. The van der Waals surface area contributed by atoms with E-state index < -0.39 is 24.1 Å². The standard InChI is InChI=1S/C27H36F2N8O3/c1-5-6-21(40-22-9-10-32-18-27(22,28)29)26(2,17-30)35-25(31-3)34-23-8-7-20(24(33-23)38-4)37-13-11-36(12-14-37)19-15-39-16-19/h5-8,19,22,32H,1,3,9-16,18H2,2,4H3,(H,33,34,35)/b21-6+. The molecule has 0 aliphatic carbocycles. The van der Waals surface area contributed by atoms with Crippen LogP contribution in [-0.4, -0.2) is 106 Å². The predicted molar refractivity (Wildman–Crippen MR) is 149 cm³/mol. The van der Waals surface area contributed by atoms with Gasteiger partial charge < -0.3 is 29.7 Å². The number of guanidine groups is 1. The molecule has 0 radical (unpaired) electrons. The van der Waals surface area contributed by atoms with E-state index in [-0.39, 0.29) is 18.1 Å². The molecule has 0 amide bonds. The van der Waals surface area contributed by atoms with Gasteiger partial charge in [0.2, 0.25) is 17.4 Å². The molecule has 1 aromatic rings. The molecule has 2 N–H and O–H groups in total. The van der Waals surface area contributed by atoms with Crippen molar-refractivity contribution >= 4 is 24.2 Å². The first kappa shape index (κ1) is 29.4. The second-order valence-corrected chi connectivity index (χ2v) is 9.94. The second-order valence-electron chi connectivity index (χ2n) is 9.94. The Morgan fingerprint density at radius 3 is 2.67 bits per heavy atom. The Labute approximate surface area is 233 Å². The molecule has 13 heteroatoms. The predicted octanol–water partition coefficient (Wildman–Crippen LogP) is 2.45. The Kier molecular flexibility index (Phi) is 9.34. The van der Waals surface area contributed by atoms with Crippen molar-refractivity contribution in [2.24, 2.45) is 9.98 Å². The number of anilines is 2. The number of rotatable bonds is 9. The van der Waals surface area contributed by atoms with Crippen LogP contribution in [0.3, 0.4) is 0 Å². The summed E-state index contributed by atoms with van der Waals surface area (Å²) >= 11 is 0. The summed E-state index contributed by atoms with van der Waals surface area (Å²) in [6.07, 6.45) is 1.37. The van der Waals surface area contributed by atoms with Crippen LogP contribution in [-0.2, 0) is 9.47 Å². The first-order chi connectivity index (χ1) is 19.2. The Morgan fingerprint density at radius 1 is 1.35 bits per heavy atom. The molecule has 0 spiro atoms. The number of piperazine rings is 1. The van der Waals surface area contributed by atoms with E-state index >= 15 is 0 Å². The average Bonchev–Trinajstić information content (AvgIpc) is 2.92. The second kappa shape index (κ2) is 12.7. The largest absolute Gasteiger partial charge is 0.485 e. The zero-order valence-corrected chi connectivity index (χ0v) is 22.9. The maximum Gasteiger partial charge on any atom is 0.296 e. The molecule has 40 heavy (non-hydrogen) atoms. The van der Waals surface area contributed by atoms with E-state index in [1.807, 2.05) is 12.1 Å². The van der Waals surface area contributed by atoms with Crippen LogP contribution in [0.5, 0.6) is 5.88 Å². The number of methoxy groups -OCH3 is 1. The fourth-order valence-corrected chi connectivity index (χ4v) is 4.75. The van der Waals surface area contributed by atoms with Crippen molar-refractivity contribution in [3.8, 4) is 11.9 Å². The summed E-state index contributed by atoms with van der Waals surface area (Å²) in [5, 5.41) is 15.6. The highest BCUT2D eigenvalue weighted by Gasteiger charge is 2.46. The van der Waals surface area contributed by atoms with Gasteiger partial charge in [0.05, 0.1) is 32.9 Å². The lowest BCUT2D eigenvalue weighted by Gasteiger charge is -2.43. The van der Waals surface area contributed by atoms with E-state index in [4.69, 9.17) is 14.2 Å². The van der Waals surface area contributed by atoms with E-state index in [9.17, 15) is 14.0 Å². The van der Waals surface area contributed by atoms with Crippen LogP contribution in [0.2, 0.25) is 0 Å². The zero-order chi connectivity index (χ0) is 28.8. The van der Waals surface area contributed by atoms with E-state index in [0.717, 1.165) is 45.1 Å². The molecule has 0 saturated carbocycles. The van der Waals surface area contributed by atoms with E-state index in [1.165, 1.54) is 19.1 Å². The number of allylic oxidation sites excluding steroid dienone is 2. The first-order valence-corrected chi connectivity index (χ1v) is 13.2. The highest BCUT2D eigenvalue weighted by atomic mass is 19.3. The third kappa shape index (κ3) is 6.57. The van der Waals surface area contributed by atoms with Gasteiger partial charge in [0.1, 0.15) is 23.3 Å². The number of nitrogens with one attached hydrogen (secondary N) is 2. The molecule has 3 aliphatic rings. The molecule has 0 bridgehead atoms. The maximum atomic E-state index is 14.5. The van der Waals surface area contributed by atoms with Crippen molar-refractivity contribution in [2.45, 2.75) is 37.0 Å². The van der Waals surface area contributed by atoms with Gasteiger partial charge in [-0.25, -0.2) is 18.8 Å². The van der Waals surface area contributed by atoms with Gasteiger partial charge in [0.25, 0.3) is 5.92 Å². The average molecular weight is 559 g/mol. The minimum absolute atomic E-state index is 0.0432. The Balaban J connectivity index is 1.50. The van der Waals surface area contributed by atoms with Crippen LogP contribution in [0.25, 0.3) is 0 Å². The van der Waals surface area contributed by atoms with Crippen LogP contribution in [0.15, 0.2) is 46.6 Å². The third-order valence-electron chi connectivity index (χ3n) is 7.20. The quantitative estimate of drug-likeness (QED) is 0.204. The molecule has 3 fully saturated rings. The summed E-state index contributed by atoms with van der Waals surface area (Å²) in [5.74, 6) is -2.46. The molecule has 4 rings (SSSR count). The van der Waals surface area contributed by atoms with Crippen molar-refractivity contribution in [3.05, 3.63) is 36.6 Å². The van der Waals surface area contributed by atoms with E-state index in [2.05, 4.69) is 48.7 Å². The van der Waals surface area contributed by atoms with Gasteiger partial charge in [-0.15, -0.1) is 0 Å². The topological polar surface area (TPSA) is 120 Å². The van der Waals surface area contributed by atoms with Gasteiger partial charge >= 0.3 is 0 Å². The number of nitriles is 1. The van der Waals surface area contributed by atoms with Crippen molar-refractivity contribution in [1.82, 2.24) is 15.2 Å². The van der Waals surface area contributed by atoms with Crippen LogP contribution in [0.4, 0.5) is 20.3 Å². The summed E-state index contributed by atoms with van der Waals surface area (Å²) < 4.78 is 45.5. The normalized spacial score (nSPS) is 23.8. The minimum Gasteiger partial charge on any atom is -0.485 e. The number of alkyl halides is 2. The van der Waals surface area contributed by atoms with Gasteiger partial charge in [0, 0.05) is 32.6 Å². The summed E-state index contributed by atoms with van der Waals surface area (Å²) in [4.78, 5) is 17.5. The monoisotopic (exact) mass is 558 g/mol. The van der Waals surface area contributed by atoms with Crippen molar-refractivity contribution in [1.29, 1.82) is 5.26 Å². The Hall–Kier alpha value is -3.60. The number of piperidine rings is 1. The highest BCUT2D eigenvalue weighted by Crippen LogP contribution is 2.33. The minimum atomic E-state index is -3.11. The van der Waals surface area contributed by atoms with E-state index in [1.54, 1.807) is 13.2 Å². The van der Waals surface area contributed by atoms with E-state index in [0.29, 0.717) is 24.3 Å². The number of hydrogen-bond acceptors (Lipinski definition) is 9. The van der Waals surface area contributed by atoms with Crippen LogP contribution >= 0.6 is 0 Å². The van der Waals surface area contributed by atoms with Gasteiger partial charge in [-0.1, -0.05) is 12.7 Å². The Morgan fingerprint density at radius 2 is 2.10 bits per heavy atom. The fraction of sp³-hybridized carbons (Fsp3) is 0.556. The molecular weight excluding hydrogens is 522 g/mol. The van der Waals surface area contributed by atoms with Crippen molar-refractivity contribution in [3.63, 3.8) is 0 Å². The van der Waals surface area contributed by atoms with Crippen molar-refractivity contribution < 1.29 is 23.0 Å². The molecule has 2 atom stereocenters. The summed E-state index contributed by atoms with van der Waals surface area (Å²) in [6, 6.07) is 6.19. The first-order valence-electron chi connectivity index (χ1n) is 13.2. The van der Waals surface area contributed by atoms with Gasteiger partial charge in [-0.05, 0) is 38.4 Å². The fourth-order valence-electron chi connectivity index (χ4n) is 4.75. The van der Waals surface area contributed by atoms with Crippen LogP contribution in [0.1, 0.15) is 13.3 Å². The third-order valence-corrected chi connectivity index (χ3v) is 7.20. The number of ether oxygens (including phenoxy) is 3.